The van der Waals surface area contributed by atoms with E-state index in [2.05, 4.69) is 10.6 Å². The van der Waals surface area contributed by atoms with Crippen molar-refractivity contribution < 1.29 is 13.6 Å². The van der Waals surface area contributed by atoms with Crippen molar-refractivity contribution in [3.8, 4) is 0 Å². The molecule has 7 heteroatoms. The van der Waals surface area contributed by atoms with Gasteiger partial charge in [-0.05, 0) is 44.0 Å². The summed E-state index contributed by atoms with van der Waals surface area (Å²) in [7, 11) is 0. The third-order valence-corrected chi connectivity index (χ3v) is 3.54. The third kappa shape index (κ3) is 4.30. The zero-order valence-corrected chi connectivity index (χ0v) is 12.3. The molecule has 1 heterocycles. The number of halogens is 4. The topological polar surface area (TPSA) is 41.1 Å². The molecule has 112 valence electrons. The molecule has 0 radical (unpaired) electrons. The number of carbonyl (C=O) groups is 1. The molecule has 0 aliphatic carbocycles. The molecule has 1 amide bonds. The lowest BCUT2D eigenvalue weighted by atomic mass is 10.1. The maximum atomic E-state index is 13.5. The van der Waals surface area contributed by atoms with E-state index in [1.165, 1.54) is 0 Å². The second kappa shape index (κ2) is 7.76. The van der Waals surface area contributed by atoms with Crippen molar-refractivity contribution in [2.24, 2.45) is 5.92 Å². The normalized spacial score (nSPS) is 17.6. The molecule has 2 N–H and O–H groups in total. The van der Waals surface area contributed by atoms with E-state index < -0.39 is 17.5 Å². The zero-order chi connectivity index (χ0) is 13.8. The van der Waals surface area contributed by atoms with Gasteiger partial charge in [-0.25, -0.2) is 8.78 Å². The van der Waals surface area contributed by atoms with Crippen molar-refractivity contribution in [1.82, 2.24) is 10.6 Å². The van der Waals surface area contributed by atoms with Crippen LogP contribution < -0.4 is 10.6 Å². The van der Waals surface area contributed by atoms with Crippen LogP contribution in [0, 0.1) is 17.6 Å². The monoisotopic (exact) mass is 324 g/mol. The minimum atomic E-state index is -0.813. The summed E-state index contributed by atoms with van der Waals surface area (Å²) in [6, 6.07) is 1.64. The number of nitrogens with one attached hydrogen (secondary N) is 2. The van der Waals surface area contributed by atoms with Crippen LogP contribution in [0.25, 0.3) is 0 Å². The molecule has 0 saturated carbocycles. The average molecular weight is 325 g/mol. The molecular weight excluding hydrogens is 309 g/mol. The molecule has 3 nitrogen and oxygen atoms in total. The van der Waals surface area contributed by atoms with Gasteiger partial charge in [-0.2, -0.15) is 0 Å². The van der Waals surface area contributed by atoms with Crippen LogP contribution in [0.15, 0.2) is 12.1 Å². The molecule has 2 rings (SSSR count). The van der Waals surface area contributed by atoms with Crippen LogP contribution in [0.4, 0.5) is 8.78 Å². The molecule has 20 heavy (non-hydrogen) atoms. The Morgan fingerprint density at radius 1 is 1.40 bits per heavy atom. The Kier molecular flexibility index (Phi) is 6.65. The Bertz CT molecular complexity index is 480. The molecule has 0 aromatic heterocycles. The van der Waals surface area contributed by atoms with E-state index >= 15 is 0 Å². The van der Waals surface area contributed by atoms with Crippen LogP contribution in [0.2, 0.25) is 5.02 Å². The van der Waals surface area contributed by atoms with Crippen molar-refractivity contribution in [2.75, 3.05) is 19.6 Å². The highest BCUT2D eigenvalue weighted by molar-refractivity contribution is 6.30. The predicted molar refractivity (Wildman–Crippen MR) is 76.5 cm³/mol. The van der Waals surface area contributed by atoms with Gasteiger partial charge in [0.2, 0.25) is 0 Å². The van der Waals surface area contributed by atoms with E-state index in [0.717, 1.165) is 38.1 Å². The van der Waals surface area contributed by atoms with Crippen molar-refractivity contribution >= 4 is 29.9 Å². The maximum absolute atomic E-state index is 13.5. The standard InChI is InChI=1S/C13H15ClF2N2O.ClH/c14-10-6-11(15)9(5-12(10)16)13(19)18-4-2-8-1-3-17-7-8;/h5-6,8,17H,1-4,7H2,(H,18,19);1H. The number of hydrogen-bond donors (Lipinski definition) is 2. The third-order valence-electron chi connectivity index (χ3n) is 3.26. The van der Waals surface area contributed by atoms with Gasteiger partial charge in [-0.3, -0.25) is 4.79 Å². The van der Waals surface area contributed by atoms with Crippen LogP contribution in [0.1, 0.15) is 23.2 Å². The molecule has 1 aromatic carbocycles. The quantitative estimate of drug-likeness (QED) is 0.836. The Hall–Kier alpha value is -0.910. The first kappa shape index (κ1) is 17.1. The second-order valence-corrected chi connectivity index (χ2v) is 5.06. The second-order valence-electron chi connectivity index (χ2n) is 4.65. The van der Waals surface area contributed by atoms with Gasteiger partial charge in [0.1, 0.15) is 11.6 Å². The Morgan fingerprint density at radius 2 is 2.15 bits per heavy atom. The molecule has 0 bridgehead atoms. The first-order chi connectivity index (χ1) is 9.08. The van der Waals surface area contributed by atoms with Crippen molar-refractivity contribution in [1.29, 1.82) is 0 Å². The lowest BCUT2D eigenvalue weighted by Crippen LogP contribution is -2.27. The minimum Gasteiger partial charge on any atom is -0.352 e. The van der Waals surface area contributed by atoms with Crippen LogP contribution in [-0.2, 0) is 0 Å². The number of amides is 1. The van der Waals surface area contributed by atoms with Crippen molar-refractivity contribution in [3.05, 3.63) is 34.4 Å². The van der Waals surface area contributed by atoms with E-state index in [9.17, 15) is 13.6 Å². The van der Waals surface area contributed by atoms with Crippen LogP contribution >= 0.6 is 24.0 Å². The summed E-state index contributed by atoms with van der Waals surface area (Å²) in [5.41, 5.74) is -0.313. The summed E-state index contributed by atoms with van der Waals surface area (Å²) < 4.78 is 26.7. The van der Waals surface area contributed by atoms with E-state index in [1.807, 2.05) is 0 Å². The largest absolute Gasteiger partial charge is 0.352 e. The molecule has 1 aliphatic heterocycles. The average Bonchev–Trinajstić information content (AvgIpc) is 2.86. The summed E-state index contributed by atoms with van der Waals surface area (Å²) in [5.74, 6) is -1.69. The SMILES string of the molecule is Cl.O=C(NCCC1CCNC1)c1cc(F)c(Cl)cc1F. The minimum absolute atomic E-state index is 0. The molecule has 1 aliphatic rings. The summed E-state index contributed by atoms with van der Waals surface area (Å²) in [6.45, 7) is 2.39. The van der Waals surface area contributed by atoms with E-state index in [-0.39, 0.29) is 23.0 Å². The smallest absolute Gasteiger partial charge is 0.254 e. The lowest BCUT2D eigenvalue weighted by Gasteiger charge is -2.10. The van der Waals surface area contributed by atoms with Gasteiger partial charge in [0, 0.05) is 6.54 Å². The Balaban J connectivity index is 0.00000200. The van der Waals surface area contributed by atoms with Crippen LogP contribution in [-0.4, -0.2) is 25.5 Å². The van der Waals surface area contributed by atoms with Gasteiger partial charge < -0.3 is 10.6 Å². The maximum Gasteiger partial charge on any atom is 0.254 e. The fourth-order valence-corrected chi connectivity index (χ4v) is 2.29. The van der Waals surface area contributed by atoms with E-state index in [4.69, 9.17) is 11.6 Å². The summed E-state index contributed by atoms with van der Waals surface area (Å²) >= 11 is 5.43. The number of rotatable bonds is 4. The highest BCUT2D eigenvalue weighted by atomic mass is 35.5. The summed E-state index contributed by atoms with van der Waals surface area (Å²) in [6.07, 6.45) is 1.91. The van der Waals surface area contributed by atoms with E-state index in [0.29, 0.717) is 12.5 Å². The van der Waals surface area contributed by atoms with Gasteiger partial charge in [-0.1, -0.05) is 11.6 Å². The fourth-order valence-electron chi connectivity index (χ4n) is 2.14. The van der Waals surface area contributed by atoms with Gasteiger partial charge >= 0.3 is 0 Å². The summed E-state index contributed by atoms with van der Waals surface area (Å²) in [4.78, 5) is 11.7. The van der Waals surface area contributed by atoms with Crippen LogP contribution in [0.3, 0.4) is 0 Å². The van der Waals surface area contributed by atoms with Crippen molar-refractivity contribution in [2.45, 2.75) is 12.8 Å². The molecule has 0 spiro atoms. The Labute approximate surface area is 127 Å². The number of hydrogen-bond acceptors (Lipinski definition) is 2. The van der Waals surface area contributed by atoms with E-state index in [1.54, 1.807) is 0 Å². The number of carbonyl (C=O) groups excluding carboxylic acids is 1. The molecule has 1 atom stereocenters. The lowest BCUT2D eigenvalue weighted by molar-refractivity contribution is 0.0947. The molecule has 1 saturated heterocycles. The van der Waals surface area contributed by atoms with Crippen LogP contribution in [0.5, 0.6) is 0 Å². The van der Waals surface area contributed by atoms with Gasteiger partial charge in [0.15, 0.2) is 0 Å². The van der Waals surface area contributed by atoms with Gasteiger partial charge in [-0.15, -0.1) is 12.4 Å². The highest BCUT2D eigenvalue weighted by Crippen LogP contribution is 2.19. The van der Waals surface area contributed by atoms with Gasteiger partial charge in [0.25, 0.3) is 5.91 Å². The first-order valence-electron chi connectivity index (χ1n) is 6.21. The molecule has 1 unspecified atom stereocenters. The highest BCUT2D eigenvalue weighted by Gasteiger charge is 2.17. The summed E-state index contributed by atoms with van der Waals surface area (Å²) in [5, 5.41) is 5.50. The predicted octanol–water partition coefficient (Wildman–Crippen LogP) is 2.77. The molecule has 1 aromatic rings. The molecule has 1 fully saturated rings. The van der Waals surface area contributed by atoms with Crippen molar-refractivity contribution in [3.63, 3.8) is 0 Å². The molecular formula is C13H16Cl2F2N2O. The Morgan fingerprint density at radius 3 is 2.80 bits per heavy atom. The zero-order valence-electron chi connectivity index (χ0n) is 10.7. The van der Waals surface area contributed by atoms with Gasteiger partial charge in [0.05, 0.1) is 10.6 Å². The first-order valence-corrected chi connectivity index (χ1v) is 6.59. The number of benzene rings is 1. The fraction of sp³-hybridized carbons (Fsp3) is 0.462.